The van der Waals surface area contributed by atoms with Gasteiger partial charge in [0.15, 0.2) is 0 Å². The summed E-state index contributed by atoms with van der Waals surface area (Å²) in [7, 11) is 1.33. The van der Waals surface area contributed by atoms with Gasteiger partial charge in [-0.3, -0.25) is 0 Å². The van der Waals surface area contributed by atoms with Gasteiger partial charge in [0.05, 0.1) is 12.7 Å². The molecule has 0 unspecified atom stereocenters. The number of esters is 1. The van der Waals surface area contributed by atoms with E-state index in [1.807, 2.05) is 0 Å². The molecule has 0 aliphatic heterocycles. The molecule has 0 spiro atoms. The van der Waals surface area contributed by atoms with Crippen LogP contribution in [0.3, 0.4) is 0 Å². The Morgan fingerprint density at radius 1 is 1.38 bits per heavy atom. The maximum Gasteiger partial charge on any atom is 0.339 e. The fraction of sp³-hybridized carbons (Fsp3) is 0.0833. The van der Waals surface area contributed by atoms with Crippen molar-refractivity contribution >= 4 is 17.3 Å². The molecule has 0 bridgehead atoms. The number of ether oxygens (including phenoxy) is 1. The number of hydrogen-bond donors (Lipinski definition) is 0. The fourth-order valence-corrected chi connectivity index (χ4v) is 2.27. The van der Waals surface area contributed by atoms with Crippen LogP contribution in [0.2, 0.25) is 0 Å². The predicted octanol–water partition coefficient (Wildman–Crippen LogP) is 3.34. The lowest BCUT2D eigenvalue weighted by molar-refractivity contribution is 0.0602. The highest BCUT2D eigenvalue weighted by molar-refractivity contribution is 7.08. The molecule has 1 heterocycles. The first-order valence-corrected chi connectivity index (χ1v) is 5.57. The van der Waals surface area contributed by atoms with Crippen molar-refractivity contribution in [3.05, 3.63) is 46.4 Å². The van der Waals surface area contributed by atoms with E-state index < -0.39 is 5.97 Å². The Bertz CT molecular complexity index is 519. The molecule has 0 saturated heterocycles. The largest absolute Gasteiger partial charge is 0.465 e. The van der Waals surface area contributed by atoms with Crippen LogP contribution in [0.15, 0.2) is 35.0 Å². The van der Waals surface area contributed by atoms with E-state index in [0.29, 0.717) is 16.7 Å². The van der Waals surface area contributed by atoms with Gasteiger partial charge in [-0.1, -0.05) is 12.1 Å². The summed E-state index contributed by atoms with van der Waals surface area (Å²) >= 11 is 1.39. The summed E-state index contributed by atoms with van der Waals surface area (Å²) in [5, 5.41) is 3.51. The molecule has 0 aliphatic rings. The molecule has 0 saturated carbocycles. The summed E-state index contributed by atoms with van der Waals surface area (Å²) in [6.07, 6.45) is 0. The topological polar surface area (TPSA) is 26.3 Å². The van der Waals surface area contributed by atoms with Crippen molar-refractivity contribution in [2.45, 2.75) is 0 Å². The third-order valence-corrected chi connectivity index (χ3v) is 2.95. The average Bonchev–Trinajstić information content (AvgIpc) is 2.77. The lowest BCUT2D eigenvalue weighted by Crippen LogP contribution is -2.00. The Hall–Kier alpha value is -1.68. The summed E-state index contributed by atoms with van der Waals surface area (Å²) in [6.45, 7) is 0. The number of carbonyl (C=O) groups excluding carboxylic acids is 1. The van der Waals surface area contributed by atoms with Crippen LogP contribution in [0.1, 0.15) is 10.4 Å². The van der Waals surface area contributed by atoms with Crippen molar-refractivity contribution in [3.8, 4) is 11.1 Å². The molecule has 1 aromatic heterocycles. The van der Waals surface area contributed by atoms with Crippen LogP contribution in [-0.4, -0.2) is 13.1 Å². The van der Waals surface area contributed by atoms with Crippen molar-refractivity contribution in [1.82, 2.24) is 0 Å². The predicted molar refractivity (Wildman–Crippen MR) is 61.1 cm³/mol. The maximum absolute atomic E-state index is 13.1. The smallest absolute Gasteiger partial charge is 0.339 e. The maximum atomic E-state index is 13.1. The number of methoxy groups -OCH3 is 1. The van der Waals surface area contributed by atoms with E-state index in [1.54, 1.807) is 22.9 Å². The van der Waals surface area contributed by atoms with Crippen LogP contribution in [-0.2, 0) is 4.74 Å². The second kappa shape index (κ2) is 4.45. The van der Waals surface area contributed by atoms with Gasteiger partial charge in [0.1, 0.15) is 5.82 Å². The molecule has 1 aromatic carbocycles. The highest BCUT2D eigenvalue weighted by Gasteiger charge is 2.14. The molecule has 16 heavy (non-hydrogen) atoms. The lowest BCUT2D eigenvalue weighted by Gasteiger charge is -2.02. The van der Waals surface area contributed by atoms with Crippen molar-refractivity contribution in [2.75, 3.05) is 7.11 Å². The van der Waals surface area contributed by atoms with E-state index in [4.69, 9.17) is 0 Å². The number of halogens is 1. The summed E-state index contributed by atoms with van der Waals surface area (Å²) in [6, 6.07) is 6.14. The molecular formula is C12H9FO2S. The zero-order valence-corrected chi connectivity index (χ0v) is 9.38. The summed E-state index contributed by atoms with van der Waals surface area (Å²) in [4.78, 5) is 11.4. The molecule has 82 valence electrons. The monoisotopic (exact) mass is 236 g/mol. The van der Waals surface area contributed by atoms with Crippen LogP contribution < -0.4 is 0 Å². The van der Waals surface area contributed by atoms with E-state index in [0.717, 1.165) is 0 Å². The van der Waals surface area contributed by atoms with Crippen molar-refractivity contribution in [2.24, 2.45) is 0 Å². The molecule has 2 nitrogen and oxygen atoms in total. The Kier molecular flexibility index (Phi) is 3.01. The summed E-state index contributed by atoms with van der Waals surface area (Å²) in [5.41, 5.74) is 1.86. The molecule has 0 fully saturated rings. The highest BCUT2D eigenvalue weighted by Crippen LogP contribution is 2.28. The average molecular weight is 236 g/mol. The second-order valence-corrected chi connectivity index (χ2v) is 3.94. The zero-order chi connectivity index (χ0) is 11.5. The van der Waals surface area contributed by atoms with E-state index in [2.05, 4.69) is 4.74 Å². The summed E-state index contributed by atoms with van der Waals surface area (Å²) < 4.78 is 17.7. The SMILES string of the molecule is COC(=O)c1cscc1-c1cccc(F)c1. The lowest BCUT2D eigenvalue weighted by atomic mass is 10.0. The van der Waals surface area contributed by atoms with Crippen LogP contribution in [0, 0.1) is 5.82 Å². The molecule has 4 heteroatoms. The standard InChI is InChI=1S/C12H9FO2S/c1-15-12(14)11-7-16-6-10(11)8-3-2-4-9(13)5-8/h2-7H,1H3. The minimum Gasteiger partial charge on any atom is -0.465 e. The molecule has 2 rings (SSSR count). The zero-order valence-electron chi connectivity index (χ0n) is 8.57. The third-order valence-electron chi connectivity index (χ3n) is 2.20. The van der Waals surface area contributed by atoms with E-state index in [9.17, 15) is 9.18 Å². The van der Waals surface area contributed by atoms with Crippen LogP contribution in [0.25, 0.3) is 11.1 Å². The first kappa shape index (κ1) is 10.8. The minimum absolute atomic E-state index is 0.320. The Balaban J connectivity index is 2.48. The second-order valence-electron chi connectivity index (χ2n) is 3.20. The molecule has 0 aliphatic carbocycles. The van der Waals surface area contributed by atoms with Gasteiger partial charge in [-0.05, 0) is 23.1 Å². The van der Waals surface area contributed by atoms with Gasteiger partial charge in [0.25, 0.3) is 0 Å². The van der Waals surface area contributed by atoms with Gasteiger partial charge in [0.2, 0.25) is 0 Å². The van der Waals surface area contributed by atoms with Gasteiger partial charge in [-0.25, -0.2) is 9.18 Å². The molecule has 0 atom stereocenters. The first-order valence-electron chi connectivity index (χ1n) is 4.63. The third kappa shape index (κ3) is 1.97. The molecule has 2 aromatic rings. The van der Waals surface area contributed by atoms with Gasteiger partial charge in [0, 0.05) is 10.9 Å². The van der Waals surface area contributed by atoms with Gasteiger partial charge < -0.3 is 4.74 Å². The number of thiophene rings is 1. The fourth-order valence-electron chi connectivity index (χ4n) is 1.44. The van der Waals surface area contributed by atoms with Crippen molar-refractivity contribution in [1.29, 1.82) is 0 Å². The van der Waals surface area contributed by atoms with Gasteiger partial charge in [-0.15, -0.1) is 0 Å². The Morgan fingerprint density at radius 2 is 2.19 bits per heavy atom. The van der Waals surface area contributed by atoms with Gasteiger partial charge in [-0.2, -0.15) is 11.3 Å². The first-order chi connectivity index (χ1) is 7.72. The highest BCUT2D eigenvalue weighted by atomic mass is 32.1. The van der Waals surface area contributed by atoms with Crippen LogP contribution in [0.5, 0.6) is 0 Å². The molecule has 0 radical (unpaired) electrons. The number of rotatable bonds is 2. The molecule has 0 N–H and O–H groups in total. The number of hydrogen-bond acceptors (Lipinski definition) is 3. The van der Waals surface area contributed by atoms with E-state index >= 15 is 0 Å². The van der Waals surface area contributed by atoms with Crippen molar-refractivity contribution in [3.63, 3.8) is 0 Å². The van der Waals surface area contributed by atoms with Crippen LogP contribution in [0.4, 0.5) is 4.39 Å². The number of carbonyl (C=O) groups is 1. The van der Waals surface area contributed by atoms with Gasteiger partial charge >= 0.3 is 5.97 Å². The van der Waals surface area contributed by atoms with E-state index in [1.165, 1.54) is 30.6 Å². The molecule has 0 amide bonds. The Labute approximate surface area is 96.3 Å². The van der Waals surface area contributed by atoms with Crippen LogP contribution >= 0.6 is 11.3 Å². The quantitative estimate of drug-likeness (QED) is 0.747. The minimum atomic E-state index is -0.402. The Morgan fingerprint density at radius 3 is 2.88 bits per heavy atom. The normalized spacial score (nSPS) is 10.1. The molecular weight excluding hydrogens is 227 g/mol. The number of benzene rings is 1. The van der Waals surface area contributed by atoms with E-state index in [-0.39, 0.29) is 5.82 Å². The van der Waals surface area contributed by atoms with Crippen molar-refractivity contribution < 1.29 is 13.9 Å². The summed E-state index contributed by atoms with van der Waals surface area (Å²) in [5.74, 6) is -0.722.